The first-order valence-electron chi connectivity index (χ1n) is 10.7. The minimum absolute atomic E-state index is 0.0949. The number of carbonyl (C=O) groups excluding carboxylic acids is 2. The number of rotatable bonds is 3. The molecule has 30 heavy (non-hydrogen) atoms. The second-order valence-corrected chi connectivity index (χ2v) is 11.9. The zero-order valence-corrected chi connectivity index (χ0v) is 19.1. The molecule has 2 amide bonds. The minimum atomic E-state index is -3.66. The lowest BCUT2D eigenvalue weighted by molar-refractivity contribution is -0.138. The molecule has 3 aliphatic rings. The number of sulfonamides is 1. The molecular weight excluding hydrogens is 422 g/mol. The molecule has 7 nitrogen and oxygen atoms in total. The van der Waals surface area contributed by atoms with E-state index in [2.05, 4.69) is 12.2 Å². The third kappa shape index (κ3) is 4.24. The summed E-state index contributed by atoms with van der Waals surface area (Å²) >= 11 is 1.43. The van der Waals surface area contributed by atoms with Crippen LogP contribution in [0, 0.1) is 11.8 Å². The van der Waals surface area contributed by atoms with Gasteiger partial charge in [0.15, 0.2) is 0 Å². The molecule has 0 aliphatic carbocycles. The summed E-state index contributed by atoms with van der Waals surface area (Å²) in [7, 11) is -3.66. The molecule has 0 radical (unpaired) electrons. The number of benzene rings is 1. The van der Waals surface area contributed by atoms with Crippen molar-refractivity contribution in [2.45, 2.75) is 54.6 Å². The fourth-order valence-electron chi connectivity index (χ4n) is 4.49. The summed E-state index contributed by atoms with van der Waals surface area (Å²) in [5.41, 5.74) is 0.549. The van der Waals surface area contributed by atoms with Gasteiger partial charge in [0.2, 0.25) is 21.8 Å². The van der Waals surface area contributed by atoms with Gasteiger partial charge < -0.3 is 10.2 Å². The molecule has 0 aromatic heterocycles. The van der Waals surface area contributed by atoms with Gasteiger partial charge >= 0.3 is 0 Å². The summed E-state index contributed by atoms with van der Waals surface area (Å²) in [6, 6.07) is 4.92. The number of carbonyl (C=O) groups is 2. The van der Waals surface area contributed by atoms with E-state index in [0.29, 0.717) is 37.5 Å². The van der Waals surface area contributed by atoms with Crippen LogP contribution in [-0.4, -0.2) is 60.9 Å². The molecule has 0 saturated carbocycles. The normalized spacial score (nSPS) is 26.2. The largest absolute Gasteiger partial charge is 0.342 e. The number of likely N-dealkylation sites (tertiary alicyclic amines) is 1. The highest BCUT2D eigenvalue weighted by Gasteiger charge is 2.35. The van der Waals surface area contributed by atoms with Crippen LogP contribution in [0.25, 0.3) is 0 Å². The van der Waals surface area contributed by atoms with Gasteiger partial charge in [0, 0.05) is 37.0 Å². The molecule has 164 valence electrons. The number of anilines is 1. The maximum absolute atomic E-state index is 13.2. The Morgan fingerprint density at radius 2 is 1.87 bits per heavy atom. The summed E-state index contributed by atoms with van der Waals surface area (Å²) in [6.45, 7) is 6.32. The molecule has 0 unspecified atom stereocenters. The second-order valence-electron chi connectivity index (χ2n) is 8.62. The van der Waals surface area contributed by atoms with Crippen molar-refractivity contribution in [3.05, 3.63) is 18.2 Å². The maximum Gasteiger partial charge on any atom is 0.243 e. The van der Waals surface area contributed by atoms with Crippen molar-refractivity contribution in [2.24, 2.45) is 11.8 Å². The Labute approximate surface area is 182 Å². The van der Waals surface area contributed by atoms with Gasteiger partial charge in [-0.05, 0) is 56.7 Å². The summed E-state index contributed by atoms with van der Waals surface area (Å²) in [4.78, 5) is 27.8. The molecule has 1 aromatic carbocycles. The van der Waals surface area contributed by atoms with Gasteiger partial charge in [0.05, 0.1) is 15.8 Å². The first kappa shape index (κ1) is 21.6. The fourth-order valence-corrected chi connectivity index (χ4v) is 6.92. The predicted molar refractivity (Wildman–Crippen MR) is 117 cm³/mol. The third-order valence-electron chi connectivity index (χ3n) is 6.29. The number of thioether (sulfide) groups is 1. The number of fused-ring (bicyclic) bond motifs is 1. The van der Waals surface area contributed by atoms with Crippen LogP contribution in [0.15, 0.2) is 28.0 Å². The Kier molecular flexibility index (Phi) is 6.14. The van der Waals surface area contributed by atoms with Crippen molar-refractivity contribution in [1.29, 1.82) is 0 Å². The van der Waals surface area contributed by atoms with E-state index < -0.39 is 10.0 Å². The van der Waals surface area contributed by atoms with Crippen LogP contribution in [0.5, 0.6) is 0 Å². The van der Waals surface area contributed by atoms with E-state index in [1.807, 2.05) is 11.8 Å². The van der Waals surface area contributed by atoms with Crippen LogP contribution in [-0.2, 0) is 19.6 Å². The van der Waals surface area contributed by atoms with Crippen LogP contribution in [0.1, 0.15) is 39.5 Å². The Balaban J connectivity index is 1.42. The molecule has 0 bridgehead atoms. The average molecular weight is 452 g/mol. The van der Waals surface area contributed by atoms with E-state index in [1.165, 1.54) is 22.5 Å². The van der Waals surface area contributed by atoms with E-state index in [9.17, 15) is 18.0 Å². The number of nitrogens with zero attached hydrogens (tertiary/aromatic N) is 2. The lowest BCUT2D eigenvalue weighted by atomic mass is 9.93. The molecule has 2 fully saturated rings. The minimum Gasteiger partial charge on any atom is -0.342 e. The maximum atomic E-state index is 13.2. The van der Waals surface area contributed by atoms with E-state index in [0.717, 1.165) is 24.4 Å². The Morgan fingerprint density at radius 3 is 2.57 bits per heavy atom. The topological polar surface area (TPSA) is 86.8 Å². The van der Waals surface area contributed by atoms with Crippen molar-refractivity contribution in [3.63, 3.8) is 0 Å². The van der Waals surface area contributed by atoms with E-state index in [1.54, 1.807) is 18.2 Å². The lowest BCUT2D eigenvalue weighted by Gasteiger charge is -2.36. The SMILES string of the molecule is C[C@H]1CCCN(C(=O)C2CCN(S(=O)(=O)c3ccc4c(c3)NC(=O)[C@H](C)S4)CC2)C1. The van der Waals surface area contributed by atoms with Gasteiger partial charge in [-0.15, -0.1) is 11.8 Å². The Hall–Kier alpha value is -1.58. The highest BCUT2D eigenvalue weighted by molar-refractivity contribution is 8.01. The molecular formula is C21H29N3O4S2. The van der Waals surface area contributed by atoms with E-state index >= 15 is 0 Å². The second kappa shape index (κ2) is 8.51. The van der Waals surface area contributed by atoms with Gasteiger partial charge in [-0.2, -0.15) is 4.31 Å². The number of piperidine rings is 2. The van der Waals surface area contributed by atoms with Crippen LogP contribution < -0.4 is 5.32 Å². The van der Waals surface area contributed by atoms with Gasteiger partial charge in [0.25, 0.3) is 0 Å². The molecule has 4 rings (SSSR count). The summed E-state index contributed by atoms with van der Waals surface area (Å²) in [5.74, 6) is 0.505. The van der Waals surface area contributed by atoms with Gasteiger partial charge in [0.1, 0.15) is 0 Å². The molecule has 1 aromatic rings. The van der Waals surface area contributed by atoms with Crippen molar-refractivity contribution in [1.82, 2.24) is 9.21 Å². The Bertz CT molecular complexity index is 942. The van der Waals surface area contributed by atoms with Crippen molar-refractivity contribution in [2.75, 3.05) is 31.5 Å². The average Bonchev–Trinajstić information content (AvgIpc) is 2.74. The van der Waals surface area contributed by atoms with Crippen LogP contribution in [0.4, 0.5) is 5.69 Å². The summed E-state index contributed by atoms with van der Waals surface area (Å²) in [5, 5.41) is 2.60. The fraction of sp³-hybridized carbons (Fsp3) is 0.619. The van der Waals surface area contributed by atoms with Crippen LogP contribution in [0.3, 0.4) is 0 Å². The summed E-state index contributed by atoms with van der Waals surface area (Å²) < 4.78 is 27.8. The first-order chi connectivity index (χ1) is 14.3. The monoisotopic (exact) mass is 451 g/mol. The zero-order chi connectivity index (χ0) is 21.5. The molecule has 9 heteroatoms. The quantitative estimate of drug-likeness (QED) is 0.764. The van der Waals surface area contributed by atoms with Crippen molar-refractivity contribution < 1.29 is 18.0 Å². The first-order valence-corrected chi connectivity index (χ1v) is 13.0. The number of hydrogen-bond acceptors (Lipinski definition) is 5. The van der Waals surface area contributed by atoms with Gasteiger partial charge in [-0.1, -0.05) is 6.92 Å². The number of hydrogen-bond donors (Lipinski definition) is 1. The molecule has 2 atom stereocenters. The lowest BCUT2D eigenvalue weighted by Crippen LogP contribution is -2.46. The van der Waals surface area contributed by atoms with Crippen molar-refractivity contribution in [3.8, 4) is 0 Å². The van der Waals surface area contributed by atoms with E-state index in [-0.39, 0.29) is 27.9 Å². The van der Waals surface area contributed by atoms with Gasteiger partial charge in [-0.25, -0.2) is 8.42 Å². The molecule has 1 N–H and O–H groups in total. The zero-order valence-electron chi connectivity index (χ0n) is 17.5. The molecule has 0 spiro atoms. The van der Waals surface area contributed by atoms with Crippen LogP contribution >= 0.6 is 11.8 Å². The molecule has 2 saturated heterocycles. The molecule has 3 aliphatic heterocycles. The summed E-state index contributed by atoms with van der Waals surface area (Å²) in [6.07, 6.45) is 3.32. The predicted octanol–water partition coefficient (Wildman–Crippen LogP) is 2.78. The number of amides is 2. The van der Waals surface area contributed by atoms with Gasteiger partial charge in [-0.3, -0.25) is 9.59 Å². The Morgan fingerprint density at radius 1 is 1.13 bits per heavy atom. The van der Waals surface area contributed by atoms with Crippen LogP contribution in [0.2, 0.25) is 0 Å². The molecule has 3 heterocycles. The standard InChI is InChI=1S/C21H29N3O4S2/c1-14-4-3-9-23(13-14)21(26)16-7-10-24(11-8-16)30(27,28)17-5-6-19-18(12-17)22-20(25)15(2)29-19/h5-6,12,14-16H,3-4,7-11,13H2,1-2H3,(H,22,25)/t14-,15-/m0/s1. The van der Waals surface area contributed by atoms with Crippen molar-refractivity contribution >= 4 is 39.3 Å². The smallest absolute Gasteiger partial charge is 0.243 e. The number of nitrogens with one attached hydrogen (secondary N) is 1. The highest BCUT2D eigenvalue weighted by Crippen LogP contribution is 2.37. The third-order valence-corrected chi connectivity index (χ3v) is 9.36. The van der Waals surface area contributed by atoms with E-state index in [4.69, 9.17) is 0 Å². The highest BCUT2D eigenvalue weighted by atomic mass is 32.2.